The van der Waals surface area contributed by atoms with Crippen LogP contribution in [0.5, 0.6) is 0 Å². The summed E-state index contributed by atoms with van der Waals surface area (Å²) in [7, 11) is 0. The number of rotatable bonds is 5. The van der Waals surface area contributed by atoms with Crippen molar-refractivity contribution in [2.45, 2.75) is 43.6 Å². The summed E-state index contributed by atoms with van der Waals surface area (Å²) in [5.74, 6) is -0.837. The Morgan fingerprint density at radius 2 is 1.47 bits per heavy atom. The Morgan fingerprint density at radius 3 is 2.03 bits per heavy atom. The van der Waals surface area contributed by atoms with E-state index < -0.39 is 40.8 Å². The highest BCUT2D eigenvalue weighted by Crippen LogP contribution is 2.43. The van der Waals surface area contributed by atoms with Crippen molar-refractivity contribution in [1.82, 2.24) is 9.55 Å². The van der Waals surface area contributed by atoms with Gasteiger partial charge in [-0.25, -0.2) is 4.98 Å². The smallest absolute Gasteiger partial charge is 0.384 e. The molecule has 1 heterocycles. The first-order valence-electron chi connectivity index (χ1n) is 10.9. The minimum absolute atomic E-state index is 0.133. The predicted molar refractivity (Wildman–Crippen MR) is 120 cm³/mol. The van der Waals surface area contributed by atoms with E-state index in [0.29, 0.717) is 0 Å². The zero-order chi connectivity index (χ0) is 26.4. The van der Waals surface area contributed by atoms with Gasteiger partial charge < -0.3 is 5.11 Å². The Labute approximate surface area is 203 Å². The summed E-state index contributed by atoms with van der Waals surface area (Å²) < 4.78 is 87.9. The van der Waals surface area contributed by atoms with Gasteiger partial charge in [-0.15, -0.1) is 13.2 Å². The van der Waals surface area contributed by atoms with Gasteiger partial charge in [0.15, 0.2) is 5.72 Å². The fourth-order valence-electron chi connectivity index (χ4n) is 4.02. The summed E-state index contributed by atoms with van der Waals surface area (Å²) >= 11 is 0. The van der Waals surface area contributed by atoms with Crippen LogP contribution in [0, 0.1) is 0 Å². The van der Waals surface area contributed by atoms with Crippen LogP contribution in [0.4, 0.5) is 26.3 Å². The zero-order valence-corrected chi connectivity index (χ0v) is 19.2. The van der Waals surface area contributed by atoms with Gasteiger partial charge in [0.25, 0.3) is 0 Å². The molecule has 3 aromatic rings. The quantitative estimate of drug-likeness (QED) is 0.302. The molecule has 36 heavy (non-hydrogen) atoms. The summed E-state index contributed by atoms with van der Waals surface area (Å²) in [6, 6.07) is 13.4. The standard InChI is InChI=1S/C26H22F6N2O2/c1-23(2,35)21-16-34(22(33-21)19-10-6-7-11-20(19)25(27,28)29)24(36-26(30,31)32)14-12-18(13-15-24)17-8-4-3-5-9-17/h3-16,18,35H,1-2H3. The van der Waals surface area contributed by atoms with Crippen molar-refractivity contribution in [2.24, 2.45) is 0 Å². The number of nitrogens with zero attached hydrogens (tertiary/aromatic N) is 2. The fraction of sp³-hybridized carbons (Fsp3) is 0.269. The van der Waals surface area contributed by atoms with Crippen LogP contribution in [0.3, 0.4) is 0 Å². The van der Waals surface area contributed by atoms with Crippen LogP contribution in [-0.2, 0) is 22.2 Å². The maximum Gasteiger partial charge on any atom is 0.525 e. The predicted octanol–water partition coefficient (Wildman–Crippen LogP) is 6.90. The number of benzene rings is 2. The molecule has 1 aromatic heterocycles. The molecule has 0 saturated heterocycles. The van der Waals surface area contributed by atoms with Crippen LogP contribution < -0.4 is 0 Å². The van der Waals surface area contributed by atoms with E-state index in [0.717, 1.165) is 40.6 Å². The van der Waals surface area contributed by atoms with Crippen LogP contribution in [-0.4, -0.2) is 21.0 Å². The van der Waals surface area contributed by atoms with E-state index in [-0.39, 0.29) is 11.6 Å². The number of hydrogen-bond acceptors (Lipinski definition) is 3. The van der Waals surface area contributed by atoms with Crippen molar-refractivity contribution in [3.05, 3.63) is 102 Å². The van der Waals surface area contributed by atoms with Gasteiger partial charge in [-0.05, 0) is 37.6 Å². The fourth-order valence-corrected chi connectivity index (χ4v) is 4.02. The lowest BCUT2D eigenvalue weighted by atomic mass is 9.91. The number of aliphatic hydroxyl groups is 1. The van der Waals surface area contributed by atoms with Gasteiger partial charge in [-0.2, -0.15) is 13.2 Å². The third-order valence-electron chi connectivity index (χ3n) is 5.73. The molecule has 1 aliphatic rings. The molecule has 4 nitrogen and oxygen atoms in total. The minimum Gasteiger partial charge on any atom is -0.384 e. The molecule has 2 aromatic carbocycles. The number of aromatic nitrogens is 2. The lowest BCUT2D eigenvalue weighted by Gasteiger charge is -2.34. The van der Waals surface area contributed by atoms with E-state index in [1.807, 2.05) is 0 Å². The molecule has 1 N–H and O–H groups in total. The SMILES string of the molecule is CC(C)(O)c1cn(C2(OC(F)(F)F)C=CC(c3ccccc3)C=C2)c(-c2ccccc2C(F)(F)F)n1. The van der Waals surface area contributed by atoms with E-state index in [9.17, 15) is 31.4 Å². The first-order valence-corrected chi connectivity index (χ1v) is 10.9. The molecule has 0 amide bonds. The second-order valence-corrected chi connectivity index (χ2v) is 8.88. The molecule has 0 unspecified atom stereocenters. The van der Waals surface area contributed by atoms with E-state index in [4.69, 9.17) is 0 Å². The molecule has 0 saturated carbocycles. The molecule has 1 aliphatic carbocycles. The Hall–Kier alpha value is -3.37. The maximum absolute atomic E-state index is 13.8. The third kappa shape index (κ3) is 5.24. The van der Waals surface area contributed by atoms with Crippen molar-refractivity contribution >= 4 is 0 Å². The molecule has 0 spiro atoms. The molecular weight excluding hydrogens is 486 g/mol. The van der Waals surface area contributed by atoms with Gasteiger partial charge >= 0.3 is 12.5 Å². The maximum atomic E-state index is 13.8. The lowest BCUT2D eigenvalue weighted by molar-refractivity contribution is -0.365. The van der Waals surface area contributed by atoms with Gasteiger partial charge in [0.1, 0.15) is 11.4 Å². The molecule has 0 bridgehead atoms. The van der Waals surface area contributed by atoms with Gasteiger partial charge in [0.2, 0.25) is 0 Å². The molecule has 4 rings (SSSR count). The second-order valence-electron chi connectivity index (χ2n) is 8.88. The minimum atomic E-state index is -5.16. The van der Waals surface area contributed by atoms with Crippen LogP contribution >= 0.6 is 0 Å². The van der Waals surface area contributed by atoms with Gasteiger partial charge in [0.05, 0.1) is 11.3 Å². The number of imidazole rings is 1. The molecule has 190 valence electrons. The highest BCUT2D eigenvalue weighted by molar-refractivity contribution is 5.63. The zero-order valence-electron chi connectivity index (χ0n) is 19.2. The largest absolute Gasteiger partial charge is 0.525 e. The van der Waals surface area contributed by atoms with Crippen molar-refractivity contribution in [1.29, 1.82) is 0 Å². The normalized spacial score (nSPS) is 20.6. The first-order chi connectivity index (χ1) is 16.7. The van der Waals surface area contributed by atoms with Crippen LogP contribution in [0.15, 0.2) is 85.1 Å². The summed E-state index contributed by atoms with van der Waals surface area (Å²) in [5.41, 5.74) is -4.94. The van der Waals surface area contributed by atoms with Crippen molar-refractivity contribution in [3.8, 4) is 11.4 Å². The van der Waals surface area contributed by atoms with E-state index in [1.165, 1.54) is 38.1 Å². The molecule has 0 aliphatic heterocycles. The summed E-state index contributed by atoms with van der Waals surface area (Å²) in [5, 5.41) is 10.5. The molecule has 0 atom stereocenters. The topological polar surface area (TPSA) is 47.3 Å². The Kier molecular flexibility index (Phi) is 6.38. The Balaban J connectivity index is 1.94. The number of allylic oxidation sites excluding steroid dienone is 2. The molecule has 0 fully saturated rings. The van der Waals surface area contributed by atoms with Gasteiger partial charge in [-0.1, -0.05) is 60.7 Å². The number of alkyl halides is 6. The van der Waals surface area contributed by atoms with E-state index in [2.05, 4.69) is 9.72 Å². The van der Waals surface area contributed by atoms with Crippen LogP contribution in [0.25, 0.3) is 11.4 Å². The Morgan fingerprint density at radius 1 is 0.889 bits per heavy atom. The summed E-state index contributed by atoms with van der Waals surface area (Å²) in [6.45, 7) is 2.66. The van der Waals surface area contributed by atoms with Gasteiger partial charge in [-0.3, -0.25) is 9.30 Å². The summed E-state index contributed by atoms with van der Waals surface area (Å²) in [4.78, 5) is 4.15. The average Bonchev–Trinajstić information content (AvgIpc) is 3.25. The monoisotopic (exact) mass is 508 g/mol. The second kappa shape index (κ2) is 8.94. The molecule has 0 radical (unpaired) electrons. The first kappa shape index (κ1) is 25.7. The number of halogens is 6. The lowest BCUT2D eigenvalue weighted by Crippen LogP contribution is -2.39. The highest BCUT2D eigenvalue weighted by atomic mass is 19.4. The summed E-state index contributed by atoms with van der Waals surface area (Å²) in [6.07, 6.45) is -3.67. The average molecular weight is 508 g/mol. The number of ether oxygens (including phenoxy) is 1. The van der Waals surface area contributed by atoms with E-state index >= 15 is 0 Å². The van der Waals surface area contributed by atoms with E-state index in [1.54, 1.807) is 30.3 Å². The van der Waals surface area contributed by atoms with Crippen molar-refractivity contribution < 1.29 is 36.2 Å². The van der Waals surface area contributed by atoms with Gasteiger partial charge in [0, 0.05) is 17.7 Å². The third-order valence-corrected chi connectivity index (χ3v) is 5.73. The van der Waals surface area contributed by atoms with Crippen LogP contribution in [0.2, 0.25) is 0 Å². The Bertz CT molecular complexity index is 1270. The molecule has 10 heteroatoms. The van der Waals surface area contributed by atoms with Crippen LogP contribution in [0.1, 0.15) is 36.6 Å². The number of hydrogen-bond donors (Lipinski definition) is 1. The molecular formula is C26H22F6N2O2. The van der Waals surface area contributed by atoms with Crippen molar-refractivity contribution in [3.63, 3.8) is 0 Å². The highest BCUT2D eigenvalue weighted by Gasteiger charge is 2.46. The van der Waals surface area contributed by atoms with Crippen molar-refractivity contribution in [2.75, 3.05) is 0 Å².